The third-order valence-corrected chi connectivity index (χ3v) is 8.98. The molecule has 0 aromatic heterocycles. The van der Waals surface area contributed by atoms with Gasteiger partial charge in [0.2, 0.25) is 15.9 Å². The number of nitrogens with zero attached hydrogens (tertiary/aromatic N) is 1. The van der Waals surface area contributed by atoms with E-state index in [1.165, 1.54) is 16.4 Å². The number of nitrogens with one attached hydrogen (secondary N) is 1. The SMILES string of the molecule is CCOC(=O)C1(c2ccc(NC(=O)C3CCN(S(=O)(=O)c4ccc(OCC)c(Cl)c4)CC3)cc2)CC1. The number of carbonyl (C=O) groups is 2. The monoisotopic (exact) mass is 534 g/mol. The molecule has 0 spiro atoms. The number of hydrogen-bond donors (Lipinski definition) is 1. The summed E-state index contributed by atoms with van der Waals surface area (Å²) < 4.78 is 38.1. The third kappa shape index (κ3) is 5.38. The van der Waals surface area contributed by atoms with Crippen LogP contribution in [0, 0.1) is 5.92 Å². The average molecular weight is 535 g/mol. The van der Waals surface area contributed by atoms with E-state index in [0.717, 1.165) is 18.4 Å². The fourth-order valence-corrected chi connectivity index (χ4v) is 6.34. The van der Waals surface area contributed by atoms with Gasteiger partial charge in [-0.3, -0.25) is 9.59 Å². The largest absolute Gasteiger partial charge is 0.492 e. The first-order valence-electron chi connectivity index (χ1n) is 12.2. The van der Waals surface area contributed by atoms with Crippen molar-refractivity contribution >= 4 is 39.2 Å². The summed E-state index contributed by atoms with van der Waals surface area (Å²) in [6.07, 6.45) is 2.36. The number of rotatable bonds is 9. The highest BCUT2D eigenvalue weighted by Gasteiger charge is 2.52. The maximum atomic E-state index is 13.1. The predicted octanol–water partition coefficient (Wildman–Crippen LogP) is 4.37. The fraction of sp³-hybridized carbons (Fsp3) is 0.462. The van der Waals surface area contributed by atoms with Gasteiger partial charge in [0, 0.05) is 24.7 Å². The highest BCUT2D eigenvalue weighted by Crippen LogP contribution is 2.49. The second-order valence-electron chi connectivity index (χ2n) is 9.07. The van der Waals surface area contributed by atoms with Crippen molar-refractivity contribution in [2.75, 3.05) is 31.6 Å². The van der Waals surface area contributed by atoms with E-state index in [-0.39, 0.29) is 40.8 Å². The number of benzene rings is 2. The molecule has 1 amide bonds. The van der Waals surface area contributed by atoms with E-state index in [1.807, 2.05) is 19.1 Å². The molecule has 1 aliphatic carbocycles. The number of carbonyl (C=O) groups excluding carboxylic acids is 2. The molecule has 1 N–H and O–H groups in total. The molecule has 8 nitrogen and oxygen atoms in total. The van der Waals surface area contributed by atoms with Crippen molar-refractivity contribution < 1.29 is 27.5 Å². The summed E-state index contributed by atoms with van der Waals surface area (Å²) in [6.45, 7) is 4.88. The number of amides is 1. The normalized spacial score (nSPS) is 17.9. The molecule has 36 heavy (non-hydrogen) atoms. The number of ether oxygens (including phenoxy) is 2. The molecule has 2 aromatic rings. The van der Waals surface area contributed by atoms with Gasteiger partial charge >= 0.3 is 5.97 Å². The second kappa shape index (κ2) is 10.8. The summed E-state index contributed by atoms with van der Waals surface area (Å²) in [7, 11) is -3.72. The molecular formula is C26H31ClN2O6S. The summed E-state index contributed by atoms with van der Waals surface area (Å²) in [5.74, 6) is -0.199. The Morgan fingerprint density at radius 2 is 1.72 bits per heavy atom. The Kier molecular flexibility index (Phi) is 7.92. The van der Waals surface area contributed by atoms with Crippen molar-refractivity contribution in [3.8, 4) is 5.75 Å². The van der Waals surface area contributed by atoms with Crippen LogP contribution in [0.15, 0.2) is 47.4 Å². The predicted molar refractivity (Wildman–Crippen MR) is 137 cm³/mol. The first-order chi connectivity index (χ1) is 17.2. The maximum Gasteiger partial charge on any atom is 0.316 e. The zero-order valence-corrected chi connectivity index (χ0v) is 22.0. The smallest absolute Gasteiger partial charge is 0.316 e. The lowest BCUT2D eigenvalue weighted by molar-refractivity contribution is -0.146. The standard InChI is InChI=1S/C26H31ClN2O6S/c1-3-34-23-10-9-21(17-22(23)27)36(32,33)29-15-11-18(12-16-29)24(30)28-20-7-5-19(6-8-20)26(13-14-26)25(31)35-4-2/h5-10,17-18H,3-4,11-16H2,1-2H3,(H,28,30). The number of piperidine rings is 1. The van der Waals surface area contributed by atoms with Crippen LogP contribution in [0.2, 0.25) is 5.02 Å². The van der Waals surface area contributed by atoms with Crippen molar-refractivity contribution in [1.82, 2.24) is 4.31 Å². The highest BCUT2D eigenvalue weighted by molar-refractivity contribution is 7.89. The van der Waals surface area contributed by atoms with Crippen molar-refractivity contribution in [2.45, 2.75) is 49.8 Å². The zero-order chi connectivity index (χ0) is 25.9. The minimum atomic E-state index is -3.72. The lowest BCUT2D eigenvalue weighted by atomic mass is 9.95. The Bertz CT molecular complexity index is 1220. The van der Waals surface area contributed by atoms with Gasteiger partial charge in [-0.15, -0.1) is 0 Å². The number of hydrogen-bond acceptors (Lipinski definition) is 6. The van der Waals surface area contributed by atoms with Gasteiger partial charge in [0.1, 0.15) is 5.75 Å². The van der Waals surface area contributed by atoms with Crippen LogP contribution in [0.4, 0.5) is 5.69 Å². The molecular weight excluding hydrogens is 504 g/mol. The van der Waals surface area contributed by atoms with Gasteiger partial charge in [-0.1, -0.05) is 23.7 Å². The summed E-state index contributed by atoms with van der Waals surface area (Å²) in [6, 6.07) is 11.7. The van der Waals surface area contributed by atoms with Crippen molar-refractivity contribution in [1.29, 1.82) is 0 Å². The van der Waals surface area contributed by atoms with Gasteiger partial charge in [-0.2, -0.15) is 4.31 Å². The Morgan fingerprint density at radius 3 is 2.28 bits per heavy atom. The molecule has 10 heteroatoms. The van der Waals surface area contributed by atoms with E-state index < -0.39 is 15.4 Å². The lowest BCUT2D eigenvalue weighted by Crippen LogP contribution is -2.41. The van der Waals surface area contributed by atoms with Gasteiger partial charge < -0.3 is 14.8 Å². The summed E-state index contributed by atoms with van der Waals surface area (Å²) in [5, 5.41) is 3.17. The first-order valence-corrected chi connectivity index (χ1v) is 14.0. The summed E-state index contributed by atoms with van der Waals surface area (Å²) in [4.78, 5) is 25.2. The quantitative estimate of drug-likeness (QED) is 0.479. The molecule has 2 aromatic carbocycles. The molecule has 0 radical (unpaired) electrons. The zero-order valence-electron chi connectivity index (χ0n) is 20.5. The first kappa shape index (κ1) is 26.4. The second-order valence-corrected chi connectivity index (χ2v) is 11.4. The Labute approximate surface area is 217 Å². The molecule has 1 saturated heterocycles. The Hall–Kier alpha value is -2.62. The minimum absolute atomic E-state index is 0.107. The van der Waals surface area contributed by atoms with Crippen LogP contribution >= 0.6 is 11.6 Å². The number of anilines is 1. The Morgan fingerprint density at radius 1 is 1.06 bits per heavy atom. The third-order valence-electron chi connectivity index (χ3n) is 6.79. The number of sulfonamides is 1. The van der Waals surface area contributed by atoms with Gasteiger partial charge in [0.15, 0.2) is 0 Å². The summed E-state index contributed by atoms with van der Waals surface area (Å²) in [5.41, 5.74) is 0.985. The van der Waals surface area contributed by atoms with Gasteiger partial charge in [-0.25, -0.2) is 8.42 Å². The van der Waals surface area contributed by atoms with Crippen LogP contribution in [0.1, 0.15) is 45.1 Å². The van der Waals surface area contributed by atoms with Crippen molar-refractivity contribution in [2.24, 2.45) is 5.92 Å². The van der Waals surface area contributed by atoms with Crippen LogP contribution in [-0.2, 0) is 29.8 Å². The van der Waals surface area contributed by atoms with Crippen LogP contribution in [0.25, 0.3) is 0 Å². The topological polar surface area (TPSA) is 102 Å². The summed E-state index contributed by atoms with van der Waals surface area (Å²) >= 11 is 6.18. The van der Waals surface area contributed by atoms with E-state index in [9.17, 15) is 18.0 Å². The van der Waals surface area contributed by atoms with E-state index in [4.69, 9.17) is 21.1 Å². The molecule has 4 rings (SSSR count). The van der Waals surface area contributed by atoms with Crippen LogP contribution in [0.5, 0.6) is 5.75 Å². The molecule has 1 saturated carbocycles. The maximum absolute atomic E-state index is 13.1. The molecule has 0 atom stereocenters. The minimum Gasteiger partial charge on any atom is -0.492 e. The van der Waals surface area contributed by atoms with E-state index in [1.54, 1.807) is 25.1 Å². The van der Waals surface area contributed by atoms with Crippen LogP contribution in [-0.4, -0.2) is 50.9 Å². The van der Waals surface area contributed by atoms with Gasteiger partial charge in [0.05, 0.1) is 28.5 Å². The fourth-order valence-electron chi connectivity index (χ4n) is 4.54. The molecule has 2 aliphatic rings. The van der Waals surface area contributed by atoms with Gasteiger partial charge in [0.25, 0.3) is 0 Å². The van der Waals surface area contributed by atoms with Crippen molar-refractivity contribution in [3.05, 3.63) is 53.1 Å². The van der Waals surface area contributed by atoms with Crippen LogP contribution < -0.4 is 10.1 Å². The van der Waals surface area contributed by atoms with E-state index >= 15 is 0 Å². The van der Waals surface area contributed by atoms with E-state index in [2.05, 4.69) is 5.32 Å². The molecule has 0 unspecified atom stereocenters. The number of esters is 1. The molecule has 1 aliphatic heterocycles. The molecule has 1 heterocycles. The van der Waals surface area contributed by atoms with Crippen LogP contribution in [0.3, 0.4) is 0 Å². The average Bonchev–Trinajstić information content (AvgIpc) is 3.68. The molecule has 2 fully saturated rings. The van der Waals surface area contributed by atoms with E-state index in [0.29, 0.717) is 37.5 Å². The van der Waals surface area contributed by atoms with Crippen molar-refractivity contribution in [3.63, 3.8) is 0 Å². The lowest BCUT2D eigenvalue weighted by Gasteiger charge is -2.30. The Balaban J connectivity index is 1.33. The molecule has 0 bridgehead atoms. The highest BCUT2D eigenvalue weighted by atomic mass is 35.5. The number of halogens is 1. The van der Waals surface area contributed by atoms with Gasteiger partial charge in [-0.05, 0) is 75.4 Å². The molecule has 194 valence electrons.